The minimum absolute atomic E-state index is 0.0478. The topological polar surface area (TPSA) is 44.4 Å². The van der Waals surface area contributed by atoms with Crippen LogP contribution in [-0.4, -0.2) is 43.2 Å². The molecule has 0 saturated carbocycles. The lowest BCUT2D eigenvalue weighted by Gasteiger charge is -2.30. The van der Waals surface area contributed by atoms with Gasteiger partial charge >= 0.3 is 6.03 Å². The maximum Gasteiger partial charge on any atom is 0.317 e. The van der Waals surface area contributed by atoms with Crippen molar-refractivity contribution in [2.45, 2.75) is 38.8 Å². The molecule has 0 aromatic heterocycles. The quantitative estimate of drug-likeness (QED) is 0.690. The van der Waals surface area contributed by atoms with Gasteiger partial charge in [0, 0.05) is 25.7 Å². The first kappa shape index (κ1) is 11.3. The van der Waals surface area contributed by atoms with E-state index in [1.54, 1.807) is 4.90 Å². The van der Waals surface area contributed by atoms with Crippen LogP contribution in [0.15, 0.2) is 0 Å². The highest BCUT2D eigenvalue weighted by Crippen LogP contribution is 2.08. The van der Waals surface area contributed by atoms with E-state index in [0.717, 1.165) is 25.9 Å². The molecular formula is C10H21N3O. The van der Waals surface area contributed by atoms with E-state index in [-0.39, 0.29) is 6.03 Å². The van der Waals surface area contributed by atoms with E-state index < -0.39 is 0 Å². The zero-order valence-electron chi connectivity index (χ0n) is 9.34. The smallest absolute Gasteiger partial charge is 0.317 e. The third kappa shape index (κ3) is 3.18. The van der Waals surface area contributed by atoms with Gasteiger partial charge < -0.3 is 15.5 Å². The minimum Gasteiger partial charge on any atom is -0.335 e. The molecule has 1 saturated heterocycles. The van der Waals surface area contributed by atoms with Crippen LogP contribution in [0.25, 0.3) is 0 Å². The van der Waals surface area contributed by atoms with Gasteiger partial charge in [-0.2, -0.15) is 0 Å². The number of carbonyl (C=O) groups is 1. The molecule has 1 heterocycles. The summed E-state index contributed by atoms with van der Waals surface area (Å²) in [6.45, 7) is 5.89. The molecule has 0 aromatic carbocycles. The van der Waals surface area contributed by atoms with Crippen LogP contribution < -0.4 is 10.6 Å². The number of nitrogens with one attached hydrogen (secondary N) is 2. The van der Waals surface area contributed by atoms with Crippen LogP contribution in [0.1, 0.15) is 26.7 Å². The van der Waals surface area contributed by atoms with Crippen LogP contribution in [0.3, 0.4) is 0 Å². The fourth-order valence-corrected chi connectivity index (χ4v) is 1.69. The molecule has 0 bridgehead atoms. The van der Waals surface area contributed by atoms with E-state index in [2.05, 4.69) is 17.6 Å². The summed E-state index contributed by atoms with van der Waals surface area (Å²) < 4.78 is 0. The molecule has 4 heteroatoms. The Hall–Kier alpha value is -0.770. The molecule has 2 amide bonds. The van der Waals surface area contributed by atoms with Gasteiger partial charge in [-0.15, -0.1) is 0 Å². The fraction of sp³-hybridized carbons (Fsp3) is 0.900. The summed E-state index contributed by atoms with van der Waals surface area (Å²) in [5.41, 5.74) is 0. The van der Waals surface area contributed by atoms with Gasteiger partial charge in [-0.25, -0.2) is 4.79 Å². The molecule has 2 atom stereocenters. The second-order valence-electron chi connectivity index (χ2n) is 4.04. The Balaban J connectivity index is 2.32. The minimum atomic E-state index is 0.0478. The first-order valence-electron chi connectivity index (χ1n) is 5.38. The van der Waals surface area contributed by atoms with Gasteiger partial charge in [0.05, 0.1) is 0 Å². The van der Waals surface area contributed by atoms with Crippen molar-refractivity contribution in [1.29, 1.82) is 0 Å². The van der Waals surface area contributed by atoms with E-state index in [1.165, 1.54) is 0 Å². The van der Waals surface area contributed by atoms with Gasteiger partial charge in [0.15, 0.2) is 0 Å². The largest absolute Gasteiger partial charge is 0.335 e. The van der Waals surface area contributed by atoms with Crippen molar-refractivity contribution >= 4 is 6.03 Å². The number of rotatable bonds is 2. The van der Waals surface area contributed by atoms with Gasteiger partial charge in [0.1, 0.15) is 0 Å². The highest BCUT2D eigenvalue weighted by atomic mass is 16.2. The summed E-state index contributed by atoms with van der Waals surface area (Å²) in [6.07, 6.45) is 2.07. The molecule has 4 nitrogen and oxygen atoms in total. The SMILES string of the molecule is CCN(C)C(=O)NC1CCNC(C)C1. The highest BCUT2D eigenvalue weighted by Gasteiger charge is 2.20. The molecule has 0 radical (unpaired) electrons. The van der Waals surface area contributed by atoms with Crippen LogP contribution in [0, 0.1) is 0 Å². The van der Waals surface area contributed by atoms with Gasteiger partial charge in [-0.3, -0.25) is 0 Å². The Morgan fingerprint density at radius 3 is 2.93 bits per heavy atom. The lowest BCUT2D eigenvalue weighted by molar-refractivity contribution is 0.201. The van der Waals surface area contributed by atoms with E-state index in [9.17, 15) is 4.79 Å². The molecule has 1 aliphatic rings. The standard InChI is InChI=1S/C10H21N3O/c1-4-13(3)10(14)12-9-5-6-11-8(2)7-9/h8-9,11H,4-7H2,1-3H3,(H,12,14). The van der Waals surface area contributed by atoms with Crippen LogP contribution in [0.2, 0.25) is 0 Å². The number of piperidine rings is 1. The maximum atomic E-state index is 11.5. The molecule has 1 rings (SSSR count). The van der Waals surface area contributed by atoms with Gasteiger partial charge in [-0.1, -0.05) is 0 Å². The Morgan fingerprint density at radius 2 is 2.36 bits per heavy atom. The zero-order valence-corrected chi connectivity index (χ0v) is 9.34. The molecule has 1 fully saturated rings. The predicted octanol–water partition coefficient (Wildman–Crippen LogP) is 0.788. The summed E-state index contributed by atoms with van der Waals surface area (Å²) in [5, 5.41) is 6.41. The van der Waals surface area contributed by atoms with Crippen molar-refractivity contribution in [2.75, 3.05) is 20.1 Å². The number of carbonyl (C=O) groups excluding carboxylic acids is 1. The van der Waals surface area contributed by atoms with E-state index >= 15 is 0 Å². The molecule has 14 heavy (non-hydrogen) atoms. The Kier molecular flexibility index (Phi) is 4.20. The Morgan fingerprint density at radius 1 is 1.64 bits per heavy atom. The number of hydrogen-bond donors (Lipinski definition) is 2. The van der Waals surface area contributed by atoms with Crippen molar-refractivity contribution in [3.05, 3.63) is 0 Å². The monoisotopic (exact) mass is 199 g/mol. The second-order valence-corrected chi connectivity index (χ2v) is 4.04. The maximum absolute atomic E-state index is 11.5. The van der Waals surface area contributed by atoms with Crippen molar-refractivity contribution in [3.63, 3.8) is 0 Å². The van der Waals surface area contributed by atoms with Crippen molar-refractivity contribution in [1.82, 2.24) is 15.5 Å². The molecular weight excluding hydrogens is 178 g/mol. The number of amides is 2. The summed E-state index contributed by atoms with van der Waals surface area (Å²) in [4.78, 5) is 13.2. The van der Waals surface area contributed by atoms with Gasteiger partial charge in [0.25, 0.3) is 0 Å². The zero-order chi connectivity index (χ0) is 10.6. The lowest BCUT2D eigenvalue weighted by atomic mass is 10.0. The van der Waals surface area contributed by atoms with Gasteiger partial charge in [-0.05, 0) is 33.2 Å². The van der Waals surface area contributed by atoms with Crippen molar-refractivity contribution in [2.24, 2.45) is 0 Å². The number of nitrogens with zero attached hydrogens (tertiary/aromatic N) is 1. The molecule has 2 N–H and O–H groups in total. The van der Waals surface area contributed by atoms with Crippen LogP contribution >= 0.6 is 0 Å². The lowest BCUT2D eigenvalue weighted by Crippen LogP contribution is -2.49. The molecule has 0 aromatic rings. The first-order valence-corrected chi connectivity index (χ1v) is 5.38. The first-order chi connectivity index (χ1) is 6.63. The van der Waals surface area contributed by atoms with Gasteiger partial charge in [0.2, 0.25) is 0 Å². The van der Waals surface area contributed by atoms with Crippen molar-refractivity contribution in [3.8, 4) is 0 Å². The number of hydrogen-bond acceptors (Lipinski definition) is 2. The van der Waals surface area contributed by atoms with E-state index in [4.69, 9.17) is 0 Å². The summed E-state index contributed by atoms with van der Waals surface area (Å²) >= 11 is 0. The normalized spacial score (nSPS) is 27.1. The van der Waals surface area contributed by atoms with Crippen LogP contribution in [-0.2, 0) is 0 Å². The Labute approximate surface area is 86.0 Å². The third-order valence-electron chi connectivity index (χ3n) is 2.77. The highest BCUT2D eigenvalue weighted by molar-refractivity contribution is 5.74. The predicted molar refractivity (Wildman–Crippen MR) is 57.3 cm³/mol. The fourth-order valence-electron chi connectivity index (χ4n) is 1.69. The second kappa shape index (κ2) is 5.20. The van der Waals surface area contributed by atoms with Crippen molar-refractivity contribution < 1.29 is 4.79 Å². The summed E-state index contributed by atoms with van der Waals surface area (Å²) in [6, 6.07) is 0.903. The average molecular weight is 199 g/mol. The summed E-state index contributed by atoms with van der Waals surface area (Å²) in [7, 11) is 1.82. The molecule has 2 unspecified atom stereocenters. The molecule has 0 spiro atoms. The van der Waals surface area contributed by atoms with E-state index in [1.807, 2.05) is 14.0 Å². The Bertz CT molecular complexity index is 196. The van der Waals surface area contributed by atoms with E-state index in [0.29, 0.717) is 12.1 Å². The molecule has 1 aliphatic heterocycles. The summed E-state index contributed by atoms with van der Waals surface area (Å²) in [5.74, 6) is 0. The van der Waals surface area contributed by atoms with Crippen LogP contribution in [0.5, 0.6) is 0 Å². The molecule has 82 valence electrons. The average Bonchev–Trinajstić information content (AvgIpc) is 2.16. The van der Waals surface area contributed by atoms with Crippen LogP contribution in [0.4, 0.5) is 4.79 Å². The third-order valence-corrected chi connectivity index (χ3v) is 2.77. The molecule has 0 aliphatic carbocycles. The number of urea groups is 1.